The minimum Gasteiger partial charge on any atom is -0.277 e. The highest BCUT2D eigenvalue weighted by molar-refractivity contribution is 7.98. The number of benzene rings is 1. The summed E-state index contributed by atoms with van der Waals surface area (Å²) in [6.07, 6.45) is 2.41. The van der Waals surface area contributed by atoms with Gasteiger partial charge in [-0.1, -0.05) is 30.3 Å². The van der Waals surface area contributed by atoms with Gasteiger partial charge in [0.15, 0.2) is 0 Å². The number of hydrogen-bond acceptors (Lipinski definition) is 4. The predicted molar refractivity (Wildman–Crippen MR) is 56.3 cm³/mol. The molecule has 1 atom stereocenters. The molecule has 0 aromatic heterocycles. The second-order valence-electron chi connectivity index (χ2n) is 2.72. The van der Waals surface area contributed by atoms with Crippen molar-refractivity contribution in [2.75, 3.05) is 0 Å². The lowest BCUT2D eigenvalue weighted by molar-refractivity contribution is -0.111. The predicted octanol–water partition coefficient (Wildman–Crippen LogP) is 1.34. The normalized spacial score (nSPS) is 19.7. The third kappa shape index (κ3) is 1.88. The second kappa shape index (κ2) is 4.15. The first-order chi connectivity index (χ1) is 6.90. The van der Waals surface area contributed by atoms with Crippen molar-refractivity contribution < 1.29 is 4.79 Å². The Labute approximate surface area is 86.1 Å². The van der Waals surface area contributed by atoms with Crippen LogP contribution in [0.15, 0.2) is 35.4 Å². The van der Waals surface area contributed by atoms with Gasteiger partial charge in [-0.2, -0.15) is 5.10 Å². The van der Waals surface area contributed by atoms with E-state index in [9.17, 15) is 4.79 Å². The summed E-state index contributed by atoms with van der Waals surface area (Å²) in [5.74, 6) is 0. The van der Waals surface area contributed by atoms with E-state index in [2.05, 4.69) is 10.5 Å². The Morgan fingerprint density at radius 2 is 2.21 bits per heavy atom. The van der Waals surface area contributed by atoms with Gasteiger partial charge in [0.25, 0.3) is 0 Å². The van der Waals surface area contributed by atoms with Crippen molar-refractivity contribution in [3.8, 4) is 0 Å². The van der Waals surface area contributed by atoms with Gasteiger partial charge in [0.05, 0.1) is 5.25 Å². The minimum atomic E-state index is 0.184. The zero-order valence-corrected chi connectivity index (χ0v) is 8.15. The van der Waals surface area contributed by atoms with E-state index in [4.69, 9.17) is 0 Å². The summed E-state index contributed by atoms with van der Waals surface area (Å²) in [5.41, 5.74) is 3.64. The van der Waals surface area contributed by atoms with Gasteiger partial charge < -0.3 is 0 Å². The van der Waals surface area contributed by atoms with Crippen molar-refractivity contribution >= 4 is 24.6 Å². The monoisotopic (exact) mass is 207 g/mol. The van der Waals surface area contributed by atoms with Gasteiger partial charge in [0, 0.05) is 18.2 Å². The Kier molecular flexibility index (Phi) is 2.69. The average Bonchev–Trinajstić information content (AvgIpc) is 2.68. The topological polar surface area (TPSA) is 44.7 Å². The molecule has 1 amide bonds. The highest BCUT2D eigenvalue weighted by Crippen LogP contribution is 2.33. The van der Waals surface area contributed by atoms with E-state index >= 15 is 0 Å². The van der Waals surface area contributed by atoms with Gasteiger partial charge in [-0.15, -0.1) is 4.52 Å². The van der Waals surface area contributed by atoms with E-state index in [1.165, 1.54) is 22.0 Å². The van der Waals surface area contributed by atoms with Gasteiger partial charge in [0.2, 0.25) is 6.41 Å². The summed E-state index contributed by atoms with van der Waals surface area (Å²) in [6, 6.07) is 10.0. The molecule has 0 saturated carbocycles. The molecular weight excluding hydrogens is 198 g/mol. The molecule has 0 fully saturated rings. The van der Waals surface area contributed by atoms with E-state index < -0.39 is 0 Å². The van der Waals surface area contributed by atoms with E-state index in [1.54, 1.807) is 6.21 Å². The molecule has 1 aliphatic heterocycles. The fourth-order valence-corrected chi connectivity index (χ4v) is 2.00. The van der Waals surface area contributed by atoms with Crippen LogP contribution in [0.5, 0.6) is 0 Å². The van der Waals surface area contributed by atoms with Crippen molar-refractivity contribution in [2.24, 2.45) is 5.10 Å². The zero-order chi connectivity index (χ0) is 9.80. The number of hydrogen-bond donors (Lipinski definition) is 1. The van der Waals surface area contributed by atoms with Gasteiger partial charge in [0.1, 0.15) is 0 Å². The van der Waals surface area contributed by atoms with Gasteiger partial charge in [-0.05, 0) is 5.56 Å². The number of rotatable bonds is 3. The van der Waals surface area contributed by atoms with Crippen molar-refractivity contribution in [3.05, 3.63) is 35.9 Å². The molecule has 0 spiro atoms. The van der Waals surface area contributed by atoms with Crippen LogP contribution in [-0.4, -0.2) is 17.1 Å². The summed E-state index contributed by atoms with van der Waals surface area (Å²) in [7, 11) is 0. The van der Waals surface area contributed by atoms with Crippen LogP contribution < -0.4 is 5.43 Å². The highest BCUT2D eigenvalue weighted by Gasteiger charge is 2.19. The molecule has 4 nitrogen and oxygen atoms in total. The van der Waals surface area contributed by atoms with E-state index in [0.29, 0.717) is 6.41 Å². The fraction of sp³-hybridized carbons (Fsp3) is 0.111. The third-order valence-corrected chi connectivity index (χ3v) is 2.83. The molecule has 1 aliphatic rings. The van der Waals surface area contributed by atoms with E-state index in [1.807, 2.05) is 30.3 Å². The molecule has 2 rings (SSSR count). The van der Waals surface area contributed by atoms with Crippen molar-refractivity contribution in [1.82, 2.24) is 9.95 Å². The molecule has 1 N–H and O–H groups in total. The first-order valence-corrected chi connectivity index (χ1v) is 4.99. The molecule has 1 unspecified atom stereocenters. The molecule has 0 radical (unpaired) electrons. The van der Waals surface area contributed by atoms with Crippen LogP contribution in [0.25, 0.3) is 0 Å². The highest BCUT2D eigenvalue weighted by atomic mass is 32.2. The Morgan fingerprint density at radius 3 is 2.93 bits per heavy atom. The Bertz CT molecular complexity index is 341. The number of nitrogens with zero attached hydrogens (tertiary/aromatic N) is 2. The van der Waals surface area contributed by atoms with Crippen molar-refractivity contribution in [3.63, 3.8) is 0 Å². The SMILES string of the molecule is O=CNN1N=CC(c2ccccc2)S1. The Morgan fingerprint density at radius 1 is 1.43 bits per heavy atom. The first-order valence-electron chi connectivity index (χ1n) is 4.16. The zero-order valence-electron chi connectivity index (χ0n) is 7.33. The number of hydrazine groups is 1. The summed E-state index contributed by atoms with van der Waals surface area (Å²) in [5, 5.41) is 4.20. The maximum Gasteiger partial charge on any atom is 0.227 e. The molecule has 1 heterocycles. The van der Waals surface area contributed by atoms with E-state index in [0.717, 1.165) is 0 Å². The molecule has 72 valence electrons. The summed E-state index contributed by atoms with van der Waals surface area (Å²) in [4.78, 5) is 10.2. The largest absolute Gasteiger partial charge is 0.277 e. The molecule has 0 bridgehead atoms. The van der Waals surface area contributed by atoms with Crippen molar-refractivity contribution in [2.45, 2.75) is 5.25 Å². The van der Waals surface area contributed by atoms with Crippen LogP contribution >= 0.6 is 11.9 Å². The van der Waals surface area contributed by atoms with Gasteiger partial charge in [-0.3, -0.25) is 4.79 Å². The molecule has 5 heteroatoms. The standard InChI is InChI=1S/C9H9N3OS/c13-7-11-12-10-6-9(14-12)8-4-2-1-3-5-8/h1-7,9H,(H,11,13). The molecule has 14 heavy (non-hydrogen) atoms. The van der Waals surface area contributed by atoms with Gasteiger partial charge >= 0.3 is 0 Å². The molecule has 0 aliphatic carbocycles. The molecule has 0 saturated heterocycles. The number of carbonyl (C=O) groups is 1. The second-order valence-corrected chi connectivity index (χ2v) is 3.79. The Hall–Kier alpha value is -1.49. The van der Waals surface area contributed by atoms with Crippen LogP contribution in [0.4, 0.5) is 0 Å². The van der Waals surface area contributed by atoms with E-state index in [-0.39, 0.29) is 5.25 Å². The summed E-state index contributed by atoms with van der Waals surface area (Å²) in [6.45, 7) is 0. The summed E-state index contributed by atoms with van der Waals surface area (Å²) < 4.78 is 1.45. The quantitative estimate of drug-likeness (QED) is 0.601. The number of nitrogens with one attached hydrogen (secondary N) is 1. The minimum absolute atomic E-state index is 0.184. The van der Waals surface area contributed by atoms with Crippen LogP contribution in [-0.2, 0) is 4.79 Å². The smallest absolute Gasteiger partial charge is 0.227 e. The number of amides is 1. The summed E-state index contributed by atoms with van der Waals surface area (Å²) >= 11 is 1.46. The lowest BCUT2D eigenvalue weighted by atomic mass is 10.2. The molecule has 1 aromatic carbocycles. The number of hydrazone groups is 1. The molecule has 1 aromatic rings. The fourth-order valence-electron chi connectivity index (χ4n) is 1.18. The molecular formula is C9H9N3OS. The van der Waals surface area contributed by atoms with Crippen molar-refractivity contribution in [1.29, 1.82) is 0 Å². The number of carbonyl (C=O) groups excluding carboxylic acids is 1. The first kappa shape index (κ1) is 9.08. The maximum absolute atomic E-state index is 10.2. The van der Waals surface area contributed by atoms with Crippen LogP contribution in [0.1, 0.15) is 10.8 Å². The lowest BCUT2D eigenvalue weighted by Crippen LogP contribution is -2.23. The lowest BCUT2D eigenvalue weighted by Gasteiger charge is -2.11. The van der Waals surface area contributed by atoms with Crippen LogP contribution in [0.3, 0.4) is 0 Å². The average molecular weight is 207 g/mol. The Balaban J connectivity index is 2.04. The van der Waals surface area contributed by atoms with Gasteiger partial charge in [-0.25, -0.2) is 5.43 Å². The van der Waals surface area contributed by atoms with Crippen LogP contribution in [0.2, 0.25) is 0 Å². The third-order valence-electron chi connectivity index (χ3n) is 1.81. The van der Waals surface area contributed by atoms with Crippen LogP contribution in [0, 0.1) is 0 Å². The maximum atomic E-state index is 10.2.